The Balaban J connectivity index is 1.64. The van der Waals surface area contributed by atoms with E-state index < -0.39 is 23.2 Å². The van der Waals surface area contributed by atoms with E-state index >= 15 is 0 Å². The number of rotatable bonds is 8. The van der Waals surface area contributed by atoms with Crippen LogP contribution in [0.5, 0.6) is 0 Å². The van der Waals surface area contributed by atoms with E-state index in [4.69, 9.17) is 0 Å². The highest BCUT2D eigenvalue weighted by Crippen LogP contribution is 2.18. The second-order valence-electron chi connectivity index (χ2n) is 5.72. The van der Waals surface area contributed by atoms with Crippen molar-refractivity contribution in [2.75, 3.05) is 22.1 Å². The number of nitrogens with one attached hydrogen (secondary N) is 2. The van der Waals surface area contributed by atoms with Gasteiger partial charge in [-0.2, -0.15) is 11.8 Å². The number of anilines is 2. The molecule has 0 spiro atoms. The SMILES string of the molecule is Cc1cccc(NC(=O)CCCSCC(=O)Nc2c(F)cccc2F)c1. The quantitative estimate of drug-likeness (QED) is 0.671. The molecule has 7 heteroatoms. The molecule has 2 rings (SSSR count). The number of carbonyl (C=O) groups excluding carboxylic acids is 2. The molecular weight excluding hydrogens is 358 g/mol. The predicted octanol–water partition coefficient (Wildman–Crippen LogP) is 4.36. The molecule has 0 aliphatic heterocycles. The summed E-state index contributed by atoms with van der Waals surface area (Å²) in [5.41, 5.74) is 1.39. The minimum Gasteiger partial charge on any atom is -0.326 e. The van der Waals surface area contributed by atoms with Crippen LogP contribution in [0.1, 0.15) is 18.4 Å². The van der Waals surface area contributed by atoms with Crippen molar-refractivity contribution in [1.82, 2.24) is 0 Å². The fourth-order valence-corrected chi connectivity index (χ4v) is 2.99. The van der Waals surface area contributed by atoms with Crippen molar-refractivity contribution >= 4 is 35.0 Å². The second kappa shape index (κ2) is 9.91. The van der Waals surface area contributed by atoms with Crippen LogP contribution in [0.3, 0.4) is 0 Å². The first-order valence-corrected chi connectivity index (χ1v) is 9.29. The topological polar surface area (TPSA) is 58.2 Å². The van der Waals surface area contributed by atoms with E-state index in [-0.39, 0.29) is 11.7 Å². The summed E-state index contributed by atoms with van der Waals surface area (Å²) in [7, 11) is 0. The third-order valence-corrected chi connectivity index (χ3v) is 4.50. The number of benzene rings is 2. The number of thioether (sulfide) groups is 1. The summed E-state index contributed by atoms with van der Waals surface area (Å²) >= 11 is 1.31. The zero-order chi connectivity index (χ0) is 18.9. The third kappa shape index (κ3) is 6.48. The molecular formula is C19H20F2N2O2S. The highest BCUT2D eigenvalue weighted by molar-refractivity contribution is 7.99. The summed E-state index contributed by atoms with van der Waals surface area (Å²) in [5, 5.41) is 5.04. The van der Waals surface area contributed by atoms with E-state index in [0.717, 1.165) is 23.4 Å². The first-order valence-electron chi connectivity index (χ1n) is 8.14. The van der Waals surface area contributed by atoms with Gasteiger partial charge in [-0.05, 0) is 48.9 Å². The lowest BCUT2D eigenvalue weighted by Crippen LogP contribution is -2.16. The molecule has 0 fully saturated rings. The van der Waals surface area contributed by atoms with Gasteiger partial charge in [-0.25, -0.2) is 8.78 Å². The smallest absolute Gasteiger partial charge is 0.234 e. The summed E-state index contributed by atoms with van der Waals surface area (Å²) in [4.78, 5) is 23.6. The molecule has 26 heavy (non-hydrogen) atoms. The monoisotopic (exact) mass is 378 g/mol. The lowest BCUT2D eigenvalue weighted by atomic mass is 10.2. The minimum atomic E-state index is -0.809. The van der Waals surface area contributed by atoms with Crippen LogP contribution in [0.2, 0.25) is 0 Å². The zero-order valence-electron chi connectivity index (χ0n) is 14.4. The third-order valence-electron chi connectivity index (χ3n) is 3.45. The Morgan fingerprint density at radius 3 is 2.38 bits per heavy atom. The summed E-state index contributed by atoms with van der Waals surface area (Å²) < 4.78 is 26.9. The molecule has 2 aromatic rings. The highest BCUT2D eigenvalue weighted by Gasteiger charge is 2.11. The Labute approximate surface area is 155 Å². The van der Waals surface area contributed by atoms with E-state index in [1.54, 1.807) is 0 Å². The molecule has 0 heterocycles. The Morgan fingerprint density at radius 1 is 1.00 bits per heavy atom. The summed E-state index contributed by atoms with van der Waals surface area (Å²) in [6, 6.07) is 10.9. The van der Waals surface area contributed by atoms with Gasteiger partial charge in [-0.15, -0.1) is 0 Å². The lowest BCUT2D eigenvalue weighted by Gasteiger charge is -2.08. The molecule has 2 amide bonds. The summed E-state index contributed by atoms with van der Waals surface area (Å²) in [5.74, 6) is -1.54. The van der Waals surface area contributed by atoms with Crippen LogP contribution in [0, 0.1) is 18.6 Å². The van der Waals surface area contributed by atoms with Gasteiger partial charge in [0.05, 0.1) is 5.75 Å². The fraction of sp³-hybridized carbons (Fsp3) is 0.263. The summed E-state index contributed by atoms with van der Waals surface area (Å²) in [6.45, 7) is 1.95. The maximum atomic E-state index is 13.4. The van der Waals surface area contributed by atoms with Crippen LogP contribution >= 0.6 is 11.8 Å². The average Bonchev–Trinajstić information content (AvgIpc) is 2.58. The zero-order valence-corrected chi connectivity index (χ0v) is 15.2. The Kier molecular flexibility index (Phi) is 7.59. The molecule has 0 unspecified atom stereocenters. The number of hydrogen-bond acceptors (Lipinski definition) is 3. The summed E-state index contributed by atoms with van der Waals surface area (Å²) in [6.07, 6.45) is 0.939. The Hall–Kier alpha value is -2.41. The van der Waals surface area contributed by atoms with Gasteiger partial charge in [0, 0.05) is 12.1 Å². The molecule has 138 valence electrons. The molecule has 0 aliphatic rings. The van der Waals surface area contributed by atoms with E-state index in [1.807, 2.05) is 31.2 Å². The average molecular weight is 378 g/mol. The molecule has 0 saturated heterocycles. The standard InChI is InChI=1S/C19H20F2N2O2S/c1-13-5-2-6-14(11-13)22-17(24)9-4-10-26-12-18(25)23-19-15(20)7-3-8-16(19)21/h2-3,5-8,11H,4,9-10,12H2,1H3,(H,22,24)(H,23,25). The molecule has 0 saturated carbocycles. The lowest BCUT2D eigenvalue weighted by molar-refractivity contribution is -0.116. The van der Waals surface area contributed by atoms with E-state index in [1.165, 1.54) is 17.8 Å². The van der Waals surface area contributed by atoms with E-state index in [0.29, 0.717) is 18.6 Å². The van der Waals surface area contributed by atoms with Crippen molar-refractivity contribution in [3.05, 3.63) is 59.7 Å². The minimum absolute atomic E-state index is 0.0628. The number of amides is 2. The van der Waals surface area contributed by atoms with Gasteiger partial charge in [-0.3, -0.25) is 9.59 Å². The van der Waals surface area contributed by atoms with Crippen LogP contribution in [-0.4, -0.2) is 23.3 Å². The van der Waals surface area contributed by atoms with Gasteiger partial charge in [0.15, 0.2) is 0 Å². The van der Waals surface area contributed by atoms with Crippen molar-refractivity contribution in [2.24, 2.45) is 0 Å². The molecule has 0 aromatic heterocycles. The number of aryl methyl sites for hydroxylation is 1. The largest absolute Gasteiger partial charge is 0.326 e. The maximum absolute atomic E-state index is 13.4. The maximum Gasteiger partial charge on any atom is 0.234 e. The molecule has 0 aliphatic carbocycles. The van der Waals surface area contributed by atoms with Crippen molar-refractivity contribution in [2.45, 2.75) is 19.8 Å². The number of para-hydroxylation sites is 1. The van der Waals surface area contributed by atoms with Crippen LogP contribution in [0.4, 0.5) is 20.2 Å². The van der Waals surface area contributed by atoms with Crippen molar-refractivity contribution in [3.8, 4) is 0 Å². The van der Waals surface area contributed by atoms with Crippen LogP contribution in [0.25, 0.3) is 0 Å². The normalized spacial score (nSPS) is 10.4. The van der Waals surface area contributed by atoms with Crippen molar-refractivity contribution in [1.29, 1.82) is 0 Å². The van der Waals surface area contributed by atoms with Crippen LogP contribution < -0.4 is 10.6 Å². The molecule has 2 aromatic carbocycles. The highest BCUT2D eigenvalue weighted by atomic mass is 32.2. The molecule has 4 nitrogen and oxygen atoms in total. The van der Waals surface area contributed by atoms with Gasteiger partial charge in [0.1, 0.15) is 17.3 Å². The van der Waals surface area contributed by atoms with Crippen molar-refractivity contribution in [3.63, 3.8) is 0 Å². The Bertz CT molecular complexity index is 764. The Morgan fingerprint density at radius 2 is 1.69 bits per heavy atom. The molecule has 0 atom stereocenters. The van der Waals surface area contributed by atoms with Gasteiger partial charge in [0.2, 0.25) is 11.8 Å². The first-order chi connectivity index (χ1) is 12.5. The molecule has 0 bridgehead atoms. The number of carbonyl (C=O) groups is 2. The van der Waals surface area contributed by atoms with E-state index in [2.05, 4.69) is 10.6 Å². The number of halogens is 2. The van der Waals surface area contributed by atoms with Crippen LogP contribution in [0.15, 0.2) is 42.5 Å². The van der Waals surface area contributed by atoms with Gasteiger partial charge >= 0.3 is 0 Å². The second-order valence-corrected chi connectivity index (χ2v) is 6.82. The van der Waals surface area contributed by atoms with E-state index in [9.17, 15) is 18.4 Å². The van der Waals surface area contributed by atoms with Gasteiger partial charge < -0.3 is 10.6 Å². The van der Waals surface area contributed by atoms with Crippen LogP contribution in [-0.2, 0) is 9.59 Å². The van der Waals surface area contributed by atoms with Crippen molar-refractivity contribution < 1.29 is 18.4 Å². The fourth-order valence-electron chi connectivity index (χ4n) is 2.24. The predicted molar refractivity (Wildman–Crippen MR) is 101 cm³/mol. The first kappa shape index (κ1) is 19.9. The molecule has 2 N–H and O–H groups in total. The van der Waals surface area contributed by atoms with Gasteiger partial charge in [0.25, 0.3) is 0 Å². The molecule has 0 radical (unpaired) electrons. The number of hydrogen-bond donors (Lipinski definition) is 2. The van der Waals surface area contributed by atoms with Gasteiger partial charge in [-0.1, -0.05) is 18.2 Å².